The third kappa shape index (κ3) is 4.83. The molecule has 1 N–H and O–H groups in total. The monoisotopic (exact) mass is 300 g/mol. The molecule has 17 heavy (non-hydrogen) atoms. The minimum absolute atomic E-state index is 0.0996. The molecule has 1 rings (SSSR count). The summed E-state index contributed by atoms with van der Waals surface area (Å²) in [6, 6.07) is 3.63. The molecule has 0 aliphatic carbocycles. The van der Waals surface area contributed by atoms with Crippen LogP contribution in [0.5, 0.6) is 0 Å². The van der Waals surface area contributed by atoms with E-state index in [0.29, 0.717) is 25.3 Å². The zero-order valence-electron chi connectivity index (χ0n) is 10.1. The molecule has 1 heterocycles. The van der Waals surface area contributed by atoms with Gasteiger partial charge in [-0.25, -0.2) is 0 Å². The summed E-state index contributed by atoms with van der Waals surface area (Å²) in [7, 11) is 0. The Balaban J connectivity index is 2.42. The molecule has 0 saturated carbocycles. The van der Waals surface area contributed by atoms with Gasteiger partial charge in [0.2, 0.25) is 0 Å². The fourth-order valence-corrected chi connectivity index (χ4v) is 1.64. The van der Waals surface area contributed by atoms with E-state index in [0.717, 1.165) is 16.7 Å². The fourth-order valence-electron chi connectivity index (χ4n) is 1.42. The lowest BCUT2D eigenvalue weighted by atomic mass is 10.2. The Morgan fingerprint density at radius 1 is 1.41 bits per heavy atom. The second-order valence-electron chi connectivity index (χ2n) is 3.64. The minimum atomic E-state index is -0.0996. The molecule has 0 spiro atoms. The summed E-state index contributed by atoms with van der Waals surface area (Å²) in [5, 5.41) is 3.61. The van der Waals surface area contributed by atoms with Crippen molar-refractivity contribution in [2.24, 2.45) is 0 Å². The normalized spacial score (nSPS) is 10.3. The van der Waals surface area contributed by atoms with Crippen molar-refractivity contribution >= 4 is 21.8 Å². The van der Waals surface area contributed by atoms with Crippen LogP contribution >= 0.6 is 15.9 Å². The van der Waals surface area contributed by atoms with Crippen LogP contribution in [-0.2, 0) is 4.74 Å². The number of nitrogens with zero attached hydrogens (tertiary/aromatic N) is 1. The highest BCUT2D eigenvalue weighted by Crippen LogP contribution is 2.05. The lowest BCUT2D eigenvalue weighted by molar-refractivity contribution is 0.0923. The van der Waals surface area contributed by atoms with Crippen LogP contribution in [-0.4, -0.2) is 36.0 Å². The second kappa shape index (κ2) is 7.40. The van der Waals surface area contributed by atoms with Crippen LogP contribution < -0.4 is 5.32 Å². The minimum Gasteiger partial charge on any atom is -0.379 e. The number of carbonyl (C=O) groups is 1. The predicted octanol–water partition coefficient (Wildman–Crippen LogP) is 1.84. The standard InChI is InChI=1S/C12H17BrN2O2/c1-9-3-4-11(10(2)15-9)12(16)14-6-8-17-7-5-13/h3-4H,5-8H2,1-2H3,(H,14,16). The molecule has 5 heteroatoms. The Labute approximate surface area is 110 Å². The van der Waals surface area contributed by atoms with Crippen LogP contribution in [0, 0.1) is 13.8 Å². The molecule has 1 amide bonds. The molecular formula is C12H17BrN2O2. The number of pyridine rings is 1. The quantitative estimate of drug-likeness (QED) is 0.644. The van der Waals surface area contributed by atoms with Crippen molar-refractivity contribution in [3.8, 4) is 0 Å². The number of carbonyl (C=O) groups excluding carboxylic acids is 1. The summed E-state index contributed by atoms with van der Waals surface area (Å²) in [5.74, 6) is -0.0996. The van der Waals surface area contributed by atoms with Gasteiger partial charge in [-0.05, 0) is 26.0 Å². The largest absolute Gasteiger partial charge is 0.379 e. The van der Waals surface area contributed by atoms with Gasteiger partial charge in [0.25, 0.3) is 5.91 Å². The molecule has 0 saturated heterocycles. The van der Waals surface area contributed by atoms with Crippen LogP contribution in [0.3, 0.4) is 0 Å². The third-order valence-corrected chi connectivity index (χ3v) is 2.55. The molecule has 1 aromatic rings. The van der Waals surface area contributed by atoms with E-state index in [2.05, 4.69) is 26.2 Å². The summed E-state index contributed by atoms with van der Waals surface area (Å²) in [4.78, 5) is 16.0. The molecule has 0 aliphatic heterocycles. The molecule has 0 aromatic carbocycles. The van der Waals surface area contributed by atoms with Crippen molar-refractivity contribution < 1.29 is 9.53 Å². The number of hydrogen-bond acceptors (Lipinski definition) is 3. The van der Waals surface area contributed by atoms with E-state index in [1.54, 1.807) is 6.07 Å². The van der Waals surface area contributed by atoms with Crippen molar-refractivity contribution in [3.05, 3.63) is 29.1 Å². The SMILES string of the molecule is Cc1ccc(C(=O)NCCOCCBr)c(C)n1. The number of amides is 1. The lowest BCUT2D eigenvalue weighted by Crippen LogP contribution is -2.28. The number of nitrogens with one attached hydrogen (secondary N) is 1. The zero-order chi connectivity index (χ0) is 12.7. The van der Waals surface area contributed by atoms with Gasteiger partial charge in [-0.15, -0.1) is 0 Å². The number of alkyl halides is 1. The van der Waals surface area contributed by atoms with Crippen LogP contribution in [0.2, 0.25) is 0 Å². The van der Waals surface area contributed by atoms with Crippen molar-refractivity contribution in [1.29, 1.82) is 0 Å². The Kier molecular flexibility index (Phi) is 6.15. The smallest absolute Gasteiger partial charge is 0.253 e. The van der Waals surface area contributed by atoms with Gasteiger partial charge in [0.15, 0.2) is 0 Å². The number of ether oxygens (including phenoxy) is 1. The maximum Gasteiger partial charge on any atom is 0.253 e. The summed E-state index contributed by atoms with van der Waals surface area (Å²) >= 11 is 3.26. The van der Waals surface area contributed by atoms with Crippen molar-refractivity contribution in [1.82, 2.24) is 10.3 Å². The molecule has 0 unspecified atom stereocenters. The van der Waals surface area contributed by atoms with Crippen LogP contribution in [0.1, 0.15) is 21.7 Å². The van der Waals surface area contributed by atoms with E-state index in [4.69, 9.17) is 4.74 Å². The van der Waals surface area contributed by atoms with Gasteiger partial charge < -0.3 is 10.1 Å². The summed E-state index contributed by atoms with van der Waals surface area (Å²) in [6.45, 7) is 5.43. The number of halogens is 1. The molecule has 0 fully saturated rings. The number of aryl methyl sites for hydroxylation is 2. The van der Waals surface area contributed by atoms with E-state index in [1.165, 1.54) is 0 Å². The number of aromatic nitrogens is 1. The summed E-state index contributed by atoms with van der Waals surface area (Å²) in [6.07, 6.45) is 0. The molecular weight excluding hydrogens is 284 g/mol. The van der Waals surface area contributed by atoms with Gasteiger partial charge in [-0.1, -0.05) is 15.9 Å². The van der Waals surface area contributed by atoms with Gasteiger partial charge in [-0.2, -0.15) is 0 Å². The van der Waals surface area contributed by atoms with Gasteiger partial charge in [-0.3, -0.25) is 9.78 Å². The van der Waals surface area contributed by atoms with Gasteiger partial charge in [0, 0.05) is 17.6 Å². The van der Waals surface area contributed by atoms with E-state index in [-0.39, 0.29) is 5.91 Å². The molecule has 1 aromatic heterocycles. The van der Waals surface area contributed by atoms with Crippen molar-refractivity contribution in [3.63, 3.8) is 0 Å². The highest BCUT2D eigenvalue weighted by Gasteiger charge is 2.08. The summed E-state index contributed by atoms with van der Waals surface area (Å²) in [5.41, 5.74) is 2.29. The second-order valence-corrected chi connectivity index (χ2v) is 4.44. The average molecular weight is 301 g/mol. The average Bonchev–Trinajstić information content (AvgIpc) is 2.28. The molecule has 0 radical (unpaired) electrons. The highest BCUT2D eigenvalue weighted by atomic mass is 79.9. The van der Waals surface area contributed by atoms with Crippen molar-refractivity contribution in [2.45, 2.75) is 13.8 Å². The van der Waals surface area contributed by atoms with E-state index < -0.39 is 0 Å². The van der Waals surface area contributed by atoms with Gasteiger partial charge >= 0.3 is 0 Å². The molecule has 0 aliphatic rings. The molecule has 0 bridgehead atoms. The maximum atomic E-state index is 11.8. The predicted molar refractivity (Wildman–Crippen MR) is 70.7 cm³/mol. The third-order valence-electron chi connectivity index (χ3n) is 2.22. The van der Waals surface area contributed by atoms with E-state index in [1.807, 2.05) is 19.9 Å². The number of rotatable bonds is 6. The zero-order valence-corrected chi connectivity index (χ0v) is 11.7. The van der Waals surface area contributed by atoms with E-state index >= 15 is 0 Å². The molecule has 4 nitrogen and oxygen atoms in total. The Hall–Kier alpha value is -0.940. The summed E-state index contributed by atoms with van der Waals surface area (Å²) < 4.78 is 5.24. The van der Waals surface area contributed by atoms with Crippen LogP contribution in [0.4, 0.5) is 0 Å². The number of hydrogen-bond donors (Lipinski definition) is 1. The van der Waals surface area contributed by atoms with Gasteiger partial charge in [0.1, 0.15) is 0 Å². The highest BCUT2D eigenvalue weighted by molar-refractivity contribution is 9.09. The van der Waals surface area contributed by atoms with E-state index in [9.17, 15) is 4.79 Å². The first-order valence-electron chi connectivity index (χ1n) is 5.51. The van der Waals surface area contributed by atoms with Gasteiger partial charge in [0.05, 0.1) is 24.5 Å². The first kappa shape index (κ1) is 14.1. The fraction of sp³-hybridized carbons (Fsp3) is 0.500. The Morgan fingerprint density at radius 2 is 2.18 bits per heavy atom. The Bertz CT molecular complexity index is 383. The lowest BCUT2D eigenvalue weighted by Gasteiger charge is -2.07. The van der Waals surface area contributed by atoms with Crippen LogP contribution in [0.25, 0.3) is 0 Å². The Morgan fingerprint density at radius 3 is 2.82 bits per heavy atom. The molecule has 0 atom stereocenters. The first-order valence-corrected chi connectivity index (χ1v) is 6.63. The molecule has 94 valence electrons. The maximum absolute atomic E-state index is 11.8. The topological polar surface area (TPSA) is 51.2 Å². The van der Waals surface area contributed by atoms with Crippen LogP contribution in [0.15, 0.2) is 12.1 Å². The first-order chi connectivity index (χ1) is 8.15. The van der Waals surface area contributed by atoms with Crippen molar-refractivity contribution in [2.75, 3.05) is 25.1 Å².